The van der Waals surface area contributed by atoms with Gasteiger partial charge >= 0.3 is 6.18 Å². The van der Waals surface area contributed by atoms with Crippen molar-refractivity contribution < 1.29 is 13.2 Å². The van der Waals surface area contributed by atoms with Crippen LogP contribution in [0.25, 0.3) is 0 Å². The van der Waals surface area contributed by atoms with Gasteiger partial charge in [0.2, 0.25) is 0 Å². The summed E-state index contributed by atoms with van der Waals surface area (Å²) in [5, 5.41) is 3.44. The number of rotatable bonds is 2. The van der Waals surface area contributed by atoms with E-state index in [2.05, 4.69) is 17.1 Å². The summed E-state index contributed by atoms with van der Waals surface area (Å²) >= 11 is 0. The molecule has 2 aliphatic heterocycles. The molecule has 0 aromatic heterocycles. The van der Waals surface area contributed by atoms with Gasteiger partial charge in [-0.05, 0) is 19.8 Å². The van der Waals surface area contributed by atoms with Crippen molar-refractivity contribution in [3.8, 4) is 0 Å². The number of piperazine rings is 1. The highest BCUT2D eigenvalue weighted by molar-refractivity contribution is 4.85. The van der Waals surface area contributed by atoms with E-state index in [9.17, 15) is 13.2 Å². The predicted octanol–water partition coefficient (Wildman–Crippen LogP) is 1.31. The molecule has 1 N–H and O–H groups in total. The maximum Gasteiger partial charge on any atom is 0.401 e. The van der Waals surface area contributed by atoms with Crippen molar-refractivity contribution in [3.05, 3.63) is 0 Å². The molecule has 2 unspecified atom stereocenters. The number of halogens is 3. The fourth-order valence-corrected chi connectivity index (χ4v) is 2.84. The van der Waals surface area contributed by atoms with Crippen molar-refractivity contribution in [3.63, 3.8) is 0 Å². The van der Waals surface area contributed by atoms with Crippen molar-refractivity contribution >= 4 is 0 Å². The van der Waals surface area contributed by atoms with E-state index in [1.807, 2.05) is 0 Å². The summed E-state index contributed by atoms with van der Waals surface area (Å²) < 4.78 is 36.8. The Labute approximate surface area is 106 Å². The highest BCUT2D eigenvalue weighted by Gasteiger charge is 2.33. The molecule has 2 aliphatic rings. The molecule has 2 heterocycles. The van der Waals surface area contributed by atoms with Gasteiger partial charge in [0, 0.05) is 44.8 Å². The monoisotopic (exact) mass is 265 g/mol. The van der Waals surface area contributed by atoms with E-state index in [1.54, 1.807) is 0 Å². The standard InChI is InChI=1S/C12H22F3N3/c1-10-2-3-11(8-16-10)18-6-4-17(5-7-18)9-12(13,14)15/h10-11,16H,2-9H2,1H3. The first-order valence-corrected chi connectivity index (χ1v) is 6.70. The van der Waals surface area contributed by atoms with Gasteiger partial charge in [-0.25, -0.2) is 0 Å². The fraction of sp³-hybridized carbons (Fsp3) is 1.00. The van der Waals surface area contributed by atoms with E-state index in [0.29, 0.717) is 25.2 Å². The number of nitrogens with zero attached hydrogens (tertiary/aromatic N) is 2. The number of hydrogen-bond acceptors (Lipinski definition) is 3. The molecule has 0 spiro atoms. The van der Waals surface area contributed by atoms with Crippen LogP contribution in [0.3, 0.4) is 0 Å². The van der Waals surface area contributed by atoms with E-state index >= 15 is 0 Å². The lowest BCUT2D eigenvalue weighted by atomic mass is 10.00. The largest absolute Gasteiger partial charge is 0.401 e. The van der Waals surface area contributed by atoms with Gasteiger partial charge in [0.15, 0.2) is 0 Å². The smallest absolute Gasteiger partial charge is 0.313 e. The first-order valence-electron chi connectivity index (χ1n) is 6.70. The minimum Gasteiger partial charge on any atom is -0.313 e. The number of hydrogen-bond donors (Lipinski definition) is 1. The molecule has 0 aromatic rings. The van der Waals surface area contributed by atoms with Crippen LogP contribution >= 0.6 is 0 Å². The lowest BCUT2D eigenvalue weighted by molar-refractivity contribution is -0.150. The summed E-state index contributed by atoms with van der Waals surface area (Å²) in [6.07, 6.45) is -1.75. The summed E-state index contributed by atoms with van der Waals surface area (Å²) in [5.41, 5.74) is 0. The fourth-order valence-electron chi connectivity index (χ4n) is 2.84. The molecule has 2 fully saturated rings. The van der Waals surface area contributed by atoms with Crippen LogP contribution in [0.15, 0.2) is 0 Å². The van der Waals surface area contributed by atoms with E-state index in [0.717, 1.165) is 32.5 Å². The summed E-state index contributed by atoms with van der Waals surface area (Å²) in [4.78, 5) is 3.85. The molecule has 0 amide bonds. The topological polar surface area (TPSA) is 18.5 Å². The third-order valence-electron chi connectivity index (χ3n) is 3.96. The minimum absolute atomic E-state index is 0.509. The van der Waals surface area contributed by atoms with Gasteiger partial charge in [-0.15, -0.1) is 0 Å². The van der Waals surface area contributed by atoms with E-state index in [-0.39, 0.29) is 0 Å². The summed E-state index contributed by atoms with van der Waals surface area (Å²) in [6.45, 7) is 4.98. The molecule has 0 bridgehead atoms. The normalized spacial score (nSPS) is 32.7. The SMILES string of the molecule is CC1CCC(N2CCN(CC(F)(F)F)CC2)CN1. The Balaban J connectivity index is 1.73. The van der Waals surface area contributed by atoms with Crippen LogP contribution in [0.1, 0.15) is 19.8 Å². The Morgan fingerprint density at radius 2 is 1.78 bits per heavy atom. The molecular formula is C12H22F3N3. The van der Waals surface area contributed by atoms with E-state index in [4.69, 9.17) is 0 Å². The van der Waals surface area contributed by atoms with Crippen LogP contribution in [-0.4, -0.2) is 67.3 Å². The lowest BCUT2D eigenvalue weighted by Gasteiger charge is -2.42. The molecule has 2 rings (SSSR count). The molecule has 106 valence electrons. The van der Waals surface area contributed by atoms with Crippen LogP contribution in [0.2, 0.25) is 0 Å². The van der Waals surface area contributed by atoms with Crippen LogP contribution in [0.5, 0.6) is 0 Å². The highest BCUT2D eigenvalue weighted by Crippen LogP contribution is 2.19. The van der Waals surface area contributed by atoms with E-state index < -0.39 is 12.7 Å². The second-order valence-corrected chi connectivity index (χ2v) is 5.47. The number of nitrogens with one attached hydrogen (secondary N) is 1. The van der Waals surface area contributed by atoms with Gasteiger partial charge in [0.1, 0.15) is 0 Å². The van der Waals surface area contributed by atoms with Crippen LogP contribution < -0.4 is 5.32 Å². The zero-order valence-corrected chi connectivity index (χ0v) is 10.8. The zero-order chi connectivity index (χ0) is 13.2. The van der Waals surface area contributed by atoms with Crippen molar-refractivity contribution in [2.75, 3.05) is 39.3 Å². The van der Waals surface area contributed by atoms with E-state index in [1.165, 1.54) is 4.90 Å². The van der Waals surface area contributed by atoms with Crippen molar-refractivity contribution in [1.29, 1.82) is 0 Å². The Kier molecular flexibility index (Phi) is 4.50. The average Bonchev–Trinajstić information content (AvgIpc) is 2.29. The summed E-state index contributed by atoms with van der Waals surface area (Å²) in [7, 11) is 0. The van der Waals surface area contributed by atoms with Crippen molar-refractivity contribution in [2.45, 2.75) is 38.0 Å². The molecule has 0 radical (unpaired) electrons. The summed E-state index contributed by atoms with van der Waals surface area (Å²) in [5.74, 6) is 0. The third-order valence-corrected chi connectivity index (χ3v) is 3.96. The number of alkyl halides is 3. The molecular weight excluding hydrogens is 243 g/mol. The summed E-state index contributed by atoms with van der Waals surface area (Å²) in [6, 6.07) is 1.09. The molecule has 6 heteroatoms. The zero-order valence-electron chi connectivity index (χ0n) is 10.8. The Bertz CT molecular complexity index is 254. The molecule has 3 nitrogen and oxygen atoms in total. The van der Waals surface area contributed by atoms with Gasteiger partial charge < -0.3 is 5.32 Å². The molecule has 18 heavy (non-hydrogen) atoms. The second-order valence-electron chi connectivity index (χ2n) is 5.47. The quantitative estimate of drug-likeness (QED) is 0.812. The van der Waals surface area contributed by atoms with Gasteiger partial charge in [-0.1, -0.05) is 0 Å². The van der Waals surface area contributed by atoms with Crippen LogP contribution in [0.4, 0.5) is 13.2 Å². The average molecular weight is 265 g/mol. The van der Waals surface area contributed by atoms with Gasteiger partial charge in [0.25, 0.3) is 0 Å². The number of piperidine rings is 1. The second kappa shape index (κ2) is 5.75. The molecule has 2 saturated heterocycles. The van der Waals surface area contributed by atoms with Crippen LogP contribution in [-0.2, 0) is 0 Å². The molecule has 0 aromatic carbocycles. The van der Waals surface area contributed by atoms with Gasteiger partial charge in [0.05, 0.1) is 6.54 Å². The minimum atomic E-state index is -4.07. The third kappa shape index (κ3) is 4.10. The van der Waals surface area contributed by atoms with Crippen molar-refractivity contribution in [1.82, 2.24) is 15.1 Å². The predicted molar refractivity (Wildman–Crippen MR) is 64.6 cm³/mol. The Morgan fingerprint density at radius 1 is 1.11 bits per heavy atom. The van der Waals surface area contributed by atoms with Gasteiger partial charge in [-0.3, -0.25) is 9.80 Å². The first-order chi connectivity index (χ1) is 8.44. The first kappa shape index (κ1) is 14.1. The van der Waals surface area contributed by atoms with Crippen molar-refractivity contribution in [2.24, 2.45) is 0 Å². The highest BCUT2D eigenvalue weighted by atomic mass is 19.4. The Morgan fingerprint density at radius 3 is 2.28 bits per heavy atom. The Hall–Kier alpha value is -0.330. The maximum atomic E-state index is 12.3. The molecule has 2 atom stereocenters. The maximum absolute atomic E-state index is 12.3. The van der Waals surface area contributed by atoms with Crippen LogP contribution in [0, 0.1) is 0 Å². The van der Waals surface area contributed by atoms with Gasteiger partial charge in [-0.2, -0.15) is 13.2 Å². The molecule has 0 saturated carbocycles. The molecule has 0 aliphatic carbocycles. The lowest BCUT2D eigenvalue weighted by Crippen LogP contribution is -2.56.